The SMILES string of the molecule is CCC(C)C(C)Nc1ccc(N2CCCCC2)nc1. The minimum atomic E-state index is 0.493. The highest BCUT2D eigenvalue weighted by molar-refractivity contribution is 5.49. The van der Waals surface area contributed by atoms with Crippen molar-refractivity contribution in [2.24, 2.45) is 5.92 Å². The first-order valence-corrected chi connectivity index (χ1v) is 7.68. The topological polar surface area (TPSA) is 28.2 Å². The van der Waals surface area contributed by atoms with Crippen LogP contribution in [0.2, 0.25) is 0 Å². The second-order valence-electron chi connectivity index (χ2n) is 5.77. The maximum atomic E-state index is 4.60. The van der Waals surface area contributed by atoms with Gasteiger partial charge in [0.1, 0.15) is 5.82 Å². The number of nitrogens with zero attached hydrogens (tertiary/aromatic N) is 2. The fourth-order valence-corrected chi connectivity index (χ4v) is 2.54. The van der Waals surface area contributed by atoms with Gasteiger partial charge < -0.3 is 10.2 Å². The molecule has 0 bridgehead atoms. The second-order valence-corrected chi connectivity index (χ2v) is 5.77. The third-order valence-corrected chi connectivity index (χ3v) is 4.32. The van der Waals surface area contributed by atoms with Crippen molar-refractivity contribution >= 4 is 11.5 Å². The zero-order chi connectivity index (χ0) is 13.7. The molecule has 1 N–H and O–H groups in total. The third-order valence-electron chi connectivity index (χ3n) is 4.32. The summed E-state index contributed by atoms with van der Waals surface area (Å²) in [7, 11) is 0. The van der Waals surface area contributed by atoms with Crippen LogP contribution in [0.1, 0.15) is 46.5 Å². The summed E-state index contributed by atoms with van der Waals surface area (Å²) in [6.45, 7) is 9.08. The lowest BCUT2D eigenvalue weighted by molar-refractivity contribution is 0.494. The number of anilines is 2. The van der Waals surface area contributed by atoms with Crippen LogP contribution in [0.3, 0.4) is 0 Å². The van der Waals surface area contributed by atoms with E-state index in [1.54, 1.807) is 0 Å². The minimum Gasteiger partial charge on any atom is -0.381 e. The van der Waals surface area contributed by atoms with E-state index < -0.39 is 0 Å². The van der Waals surface area contributed by atoms with E-state index in [4.69, 9.17) is 0 Å². The van der Waals surface area contributed by atoms with Crippen molar-refractivity contribution in [1.82, 2.24) is 4.98 Å². The molecule has 3 nitrogen and oxygen atoms in total. The summed E-state index contributed by atoms with van der Waals surface area (Å²) in [6, 6.07) is 4.81. The van der Waals surface area contributed by atoms with Gasteiger partial charge in [-0.1, -0.05) is 20.3 Å². The normalized spacial score (nSPS) is 19.0. The molecule has 1 aromatic rings. The van der Waals surface area contributed by atoms with Crippen LogP contribution in [0.4, 0.5) is 11.5 Å². The van der Waals surface area contributed by atoms with E-state index >= 15 is 0 Å². The van der Waals surface area contributed by atoms with E-state index in [2.05, 4.69) is 48.1 Å². The number of nitrogens with one attached hydrogen (secondary N) is 1. The van der Waals surface area contributed by atoms with E-state index in [-0.39, 0.29) is 0 Å². The van der Waals surface area contributed by atoms with Gasteiger partial charge in [0.2, 0.25) is 0 Å². The monoisotopic (exact) mass is 261 g/mol. The Morgan fingerprint density at radius 3 is 2.53 bits per heavy atom. The summed E-state index contributed by atoms with van der Waals surface area (Å²) in [5, 5.41) is 3.54. The molecule has 1 fully saturated rings. The molecule has 19 heavy (non-hydrogen) atoms. The van der Waals surface area contributed by atoms with E-state index in [9.17, 15) is 0 Å². The molecular weight excluding hydrogens is 234 g/mol. The van der Waals surface area contributed by atoms with Crippen LogP contribution >= 0.6 is 0 Å². The molecule has 1 aliphatic heterocycles. The van der Waals surface area contributed by atoms with Crippen molar-refractivity contribution in [3.05, 3.63) is 18.3 Å². The van der Waals surface area contributed by atoms with Crippen LogP contribution in [0.15, 0.2) is 18.3 Å². The zero-order valence-electron chi connectivity index (χ0n) is 12.5. The van der Waals surface area contributed by atoms with Crippen molar-refractivity contribution in [2.75, 3.05) is 23.3 Å². The number of aromatic nitrogens is 1. The Balaban J connectivity index is 1.94. The highest BCUT2D eigenvalue weighted by Gasteiger charge is 2.13. The lowest BCUT2D eigenvalue weighted by Crippen LogP contribution is -2.30. The van der Waals surface area contributed by atoms with Gasteiger partial charge in [-0.25, -0.2) is 4.98 Å². The van der Waals surface area contributed by atoms with Gasteiger partial charge in [-0.2, -0.15) is 0 Å². The van der Waals surface area contributed by atoms with Crippen molar-refractivity contribution in [2.45, 2.75) is 52.5 Å². The first-order chi connectivity index (χ1) is 9.20. The summed E-state index contributed by atoms with van der Waals surface area (Å²) in [4.78, 5) is 7.00. The maximum Gasteiger partial charge on any atom is 0.128 e. The van der Waals surface area contributed by atoms with Gasteiger partial charge >= 0.3 is 0 Å². The Morgan fingerprint density at radius 2 is 1.95 bits per heavy atom. The predicted molar refractivity (Wildman–Crippen MR) is 82.8 cm³/mol. The van der Waals surface area contributed by atoms with Gasteiger partial charge in [-0.3, -0.25) is 0 Å². The molecule has 2 heterocycles. The van der Waals surface area contributed by atoms with E-state index in [1.165, 1.54) is 25.7 Å². The number of pyridine rings is 1. The van der Waals surface area contributed by atoms with Crippen molar-refractivity contribution in [1.29, 1.82) is 0 Å². The Labute approximate surface area is 117 Å². The number of piperidine rings is 1. The summed E-state index contributed by atoms with van der Waals surface area (Å²) >= 11 is 0. The van der Waals surface area contributed by atoms with Crippen molar-refractivity contribution in [3.8, 4) is 0 Å². The average Bonchev–Trinajstić information content (AvgIpc) is 2.48. The van der Waals surface area contributed by atoms with Crippen molar-refractivity contribution < 1.29 is 0 Å². The van der Waals surface area contributed by atoms with E-state index in [0.29, 0.717) is 12.0 Å². The maximum absolute atomic E-state index is 4.60. The average molecular weight is 261 g/mol. The fourth-order valence-electron chi connectivity index (χ4n) is 2.54. The second kappa shape index (κ2) is 6.78. The quantitative estimate of drug-likeness (QED) is 0.870. The number of rotatable bonds is 5. The molecule has 0 aromatic carbocycles. The molecule has 106 valence electrons. The van der Waals surface area contributed by atoms with Gasteiger partial charge in [0.05, 0.1) is 11.9 Å². The van der Waals surface area contributed by atoms with Gasteiger partial charge in [-0.05, 0) is 44.2 Å². The molecule has 0 saturated carbocycles. The van der Waals surface area contributed by atoms with Crippen LogP contribution in [-0.2, 0) is 0 Å². The van der Waals surface area contributed by atoms with Crippen LogP contribution < -0.4 is 10.2 Å². The van der Waals surface area contributed by atoms with Crippen LogP contribution in [0.25, 0.3) is 0 Å². The highest BCUT2D eigenvalue weighted by Crippen LogP contribution is 2.20. The Bertz CT molecular complexity index is 368. The fraction of sp³-hybridized carbons (Fsp3) is 0.688. The molecule has 0 amide bonds. The minimum absolute atomic E-state index is 0.493. The van der Waals surface area contributed by atoms with E-state index in [1.807, 2.05) is 6.20 Å². The molecule has 2 unspecified atom stereocenters. The summed E-state index contributed by atoms with van der Waals surface area (Å²) in [6.07, 6.45) is 7.14. The van der Waals surface area contributed by atoms with Crippen LogP contribution in [-0.4, -0.2) is 24.1 Å². The first kappa shape index (κ1) is 14.2. The zero-order valence-corrected chi connectivity index (χ0v) is 12.5. The lowest BCUT2D eigenvalue weighted by atomic mass is 10.0. The molecule has 0 spiro atoms. The molecule has 2 rings (SSSR count). The van der Waals surface area contributed by atoms with Gasteiger partial charge in [-0.15, -0.1) is 0 Å². The van der Waals surface area contributed by atoms with Gasteiger partial charge in [0, 0.05) is 19.1 Å². The smallest absolute Gasteiger partial charge is 0.128 e. The number of hydrogen-bond acceptors (Lipinski definition) is 3. The summed E-state index contributed by atoms with van der Waals surface area (Å²) in [5.41, 5.74) is 1.13. The van der Waals surface area contributed by atoms with Crippen molar-refractivity contribution in [3.63, 3.8) is 0 Å². The Kier molecular flexibility index (Phi) is 5.06. The van der Waals surface area contributed by atoms with Crippen LogP contribution in [0, 0.1) is 5.92 Å². The molecule has 1 aliphatic rings. The molecule has 3 heteroatoms. The molecule has 1 aromatic heterocycles. The summed E-state index contributed by atoms with van der Waals surface area (Å²) in [5.74, 6) is 1.81. The predicted octanol–water partition coefficient (Wildman–Crippen LogP) is 3.92. The van der Waals surface area contributed by atoms with E-state index in [0.717, 1.165) is 24.6 Å². The van der Waals surface area contributed by atoms with Gasteiger partial charge in [0.25, 0.3) is 0 Å². The first-order valence-electron chi connectivity index (χ1n) is 7.68. The third kappa shape index (κ3) is 3.85. The Morgan fingerprint density at radius 1 is 1.21 bits per heavy atom. The molecule has 0 radical (unpaired) electrons. The van der Waals surface area contributed by atoms with Crippen LogP contribution in [0.5, 0.6) is 0 Å². The summed E-state index contributed by atoms with van der Waals surface area (Å²) < 4.78 is 0. The number of hydrogen-bond donors (Lipinski definition) is 1. The molecule has 2 atom stereocenters. The molecule has 0 aliphatic carbocycles. The van der Waals surface area contributed by atoms with Gasteiger partial charge in [0.15, 0.2) is 0 Å². The highest BCUT2D eigenvalue weighted by atomic mass is 15.2. The lowest BCUT2D eigenvalue weighted by Gasteiger charge is -2.28. The standard InChI is InChI=1S/C16H27N3/c1-4-13(2)14(3)18-15-8-9-16(17-12-15)19-10-6-5-7-11-19/h8-9,12-14,18H,4-7,10-11H2,1-3H3. The Hall–Kier alpha value is -1.25. The largest absolute Gasteiger partial charge is 0.381 e. The molecule has 1 saturated heterocycles. The molecular formula is C16H27N3.